The predicted molar refractivity (Wildman–Crippen MR) is 66.5 cm³/mol. The number of benzene rings is 2. The van der Waals surface area contributed by atoms with Crippen LogP contribution in [0.3, 0.4) is 0 Å². The first-order chi connectivity index (χ1) is 8.76. The normalized spacial score (nSPS) is 9.56. The molecule has 2 rings (SSSR count). The van der Waals surface area contributed by atoms with Crippen molar-refractivity contribution in [2.24, 2.45) is 0 Å². The fourth-order valence-electron chi connectivity index (χ4n) is 1.97. The lowest BCUT2D eigenvalue weighted by atomic mass is 10.0. The van der Waals surface area contributed by atoms with Gasteiger partial charge in [0.25, 0.3) is 0 Å². The summed E-state index contributed by atoms with van der Waals surface area (Å²) in [5, 5.41) is 19.6. The molecule has 0 unspecified atom stereocenters. The molecule has 0 spiro atoms. The fraction of sp³-hybridized carbons (Fsp3) is 0.143. The zero-order chi connectivity index (χ0) is 13.1. The van der Waals surface area contributed by atoms with Crippen LogP contribution in [0, 0.1) is 22.7 Å². The van der Waals surface area contributed by atoms with Gasteiger partial charge in [0.15, 0.2) is 0 Å². The molecule has 18 heavy (non-hydrogen) atoms. The Hall–Kier alpha value is -2.72. The highest BCUT2D eigenvalue weighted by Crippen LogP contribution is 2.36. The quantitative estimate of drug-likeness (QED) is 0.806. The molecular weight excluding hydrogens is 228 g/mol. The number of rotatable bonds is 2. The summed E-state index contributed by atoms with van der Waals surface area (Å²) < 4.78 is 10.5. The van der Waals surface area contributed by atoms with Crippen molar-refractivity contribution >= 4 is 10.8 Å². The second kappa shape index (κ2) is 4.65. The maximum atomic E-state index is 9.02. The van der Waals surface area contributed by atoms with E-state index in [1.807, 2.05) is 0 Å². The predicted octanol–water partition coefficient (Wildman–Crippen LogP) is 2.60. The third-order valence-electron chi connectivity index (χ3n) is 2.75. The van der Waals surface area contributed by atoms with E-state index in [0.717, 1.165) is 10.8 Å². The minimum Gasteiger partial charge on any atom is -0.495 e. The summed E-state index contributed by atoms with van der Waals surface area (Å²) in [5.41, 5.74) is 0.911. The minimum absolute atomic E-state index is 0.455. The maximum Gasteiger partial charge on any atom is 0.144 e. The maximum absolute atomic E-state index is 9.02. The smallest absolute Gasteiger partial charge is 0.144 e. The second-order valence-corrected chi connectivity index (χ2v) is 3.61. The second-order valence-electron chi connectivity index (χ2n) is 3.61. The van der Waals surface area contributed by atoms with Gasteiger partial charge in [0.2, 0.25) is 0 Å². The van der Waals surface area contributed by atoms with Crippen LogP contribution in [0.25, 0.3) is 10.8 Å². The van der Waals surface area contributed by atoms with Crippen molar-refractivity contribution in [3.05, 3.63) is 35.4 Å². The SMILES string of the molecule is COc1c(C#N)ccc2c(OC)c(C#N)ccc12. The Balaban J connectivity index is 2.91. The summed E-state index contributed by atoms with van der Waals surface area (Å²) >= 11 is 0. The first-order valence-electron chi connectivity index (χ1n) is 5.24. The Labute approximate surface area is 105 Å². The first kappa shape index (κ1) is 11.8. The van der Waals surface area contributed by atoms with Crippen LogP contribution >= 0.6 is 0 Å². The molecule has 0 aliphatic rings. The van der Waals surface area contributed by atoms with Crippen molar-refractivity contribution in [3.8, 4) is 23.6 Å². The number of hydrogen-bond donors (Lipinski definition) is 0. The van der Waals surface area contributed by atoms with E-state index >= 15 is 0 Å². The monoisotopic (exact) mass is 238 g/mol. The molecule has 0 saturated carbocycles. The molecule has 2 aromatic rings. The Bertz CT molecular complexity index is 632. The summed E-state index contributed by atoms with van der Waals surface area (Å²) in [6.07, 6.45) is 0. The van der Waals surface area contributed by atoms with Gasteiger partial charge in [-0.25, -0.2) is 0 Å². The Morgan fingerprint density at radius 3 is 1.44 bits per heavy atom. The molecule has 0 N–H and O–H groups in total. The molecule has 0 saturated heterocycles. The van der Waals surface area contributed by atoms with E-state index in [-0.39, 0.29) is 0 Å². The zero-order valence-corrected chi connectivity index (χ0v) is 10.0. The number of nitriles is 2. The topological polar surface area (TPSA) is 66.0 Å². The number of hydrogen-bond acceptors (Lipinski definition) is 4. The largest absolute Gasteiger partial charge is 0.495 e. The summed E-state index contributed by atoms with van der Waals surface area (Å²) in [4.78, 5) is 0. The Morgan fingerprint density at radius 2 is 1.17 bits per heavy atom. The molecule has 0 aromatic heterocycles. The van der Waals surface area contributed by atoms with Gasteiger partial charge < -0.3 is 9.47 Å². The lowest BCUT2D eigenvalue weighted by molar-refractivity contribution is 0.414. The van der Waals surface area contributed by atoms with Crippen molar-refractivity contribution in [3.63, 3.8) is 0 Å². The lowest BCUT2D eigenvalue weighted by Crippen LogP contribution is -1.94. The summed E-state index contributed by atoms with van der Waals surface area (Å²) in [7, 11) is 3.03. The van der Waals surface area contributed by atoms with E-state index < -0.39 is 0 Å². The van der Waals surface area contributed by atoms with Gasteiger partial charge in [-0.05, 0) is 24.3 Å². The van der Waals surface area contributed by atoms with Crippen LogP contribution in [0.15, 0.2) is 24.3 Å². The molecule has 0 atom stereocenters. The third-order valence-corrected chi connectivity index (χ3v) is 2.75. The molecule has 0 heterocycles. The average Bonchev–Trinajstić information content (AvgIpc) is 2.44. The molecule has 2 aromatic carbocycles. The van der Waals surface area contributed by atoms with Crippen LogP contribution in [0.2, 0.25) is 0 Å². The molecular formula is C14H10N2O2. The van der Waals surface area contributed by atoms with Crippen molar-refractivity contribution in [2.75, 3.05) is 14.2 Å². The van der Waals surface area contributed by atoms with Crippen LogP contribution in [0.4, 0.5) is 0 Å². The lowest BCUT2D eigenvalue weighted by Gasteiger charge is -2.11. The van der Waals surface area contributed by atoms with E-state index in [4.69, 9.17) is 20.0 Å². The van der Waals surface area contributed by atoms with E-state index in [1.165, 1.54) is 14.2 Å². The van der Waals surface area contributed by atoms with Gasteiger partial charge in [0.05, 0.1) is 25.3 Å². The number of methoxy groups -OCH3 is 2. The molecule has 0 radical (unpaired) electrons. The van der Waals surface area contributed by atoms with Crippen molar-refractivity contribution in [2.45, 2.75) is 0 Å². The standard InChI is InChI=1S/C14H10N2O2/c1-17-13-9(7-15)3-6-12-11(13)5-4-10(8-16)14(12)18-2/h3-6H,1-2H3. The summed E-state index contributed by atoms with van der Waals surface area (Å²) in [6, 6.07) is 11.0. The highest BCUT2D eigenvalue weighted by molar-refractivity contribution is 5.96. The highest BCUT2D eigenvalue weighted by atomic mass is 16.5. The van der Waals surface area contributed by atoms with Crippen molar-refractivity contribution < 1.29 is 9.47 Å². The van der Waals surface area contributed by atoms with Crippen LogP contribution < -0.4 is 9.47 Å². The van der Waals surface area contributed by atoms with Gasteiger partial charge in [-0.3, -0.25) is 0 Å². The molecule has 4 heteroatoms. The average molecular weight is 238 g/mol. The molecule has 0 amide bonds. The summed E-state index contributed by atoms with van der Waals surface area (Å²) in [6.45, 7) is 0. The van der Waals surface area contributed by atoms with E-state index in [1.54, 1.807) is 24.3 Å². The van der Waals surface area contributed by atoms with Gasteiger partial charge in [0, 0.05) is 10.8 Å². The van der Waals surface area contributed by atoms with Gasteiger partial charge in [-0.1, -0.05) is 0 Å². The van der Waals surface area contributed by atoms with Gasteiger partial charge in [-0.2, -0.15) is 10.5 Å². The molecule has 0 aliphatic carbocycles. The van der Waals surface area contributed by atoms with Gasteiger partial charge in [0.1, 0.15) is 23.6 Å². The van der Waals surface area contributed by atoms with Gasteiger partial charge >= 0.3 is 0 Å². The number of ether oxygens (including phenoxy) is 2. The zero-order valence-electron chi connectivity index (χ0n) is 10.0. The van der Waals surface area contributed by atoms with Crippen LogP contribution in [-0.2, 0) is 0 Å². The number of nitrogens with zero attached hydrogens (tertiary/aromatic N) is 2. The van der Waals surface area contributed by atoms with Crippen molar-refractivity contribution in [1.29, 1.82) is 10.5 Å². The fourth-order valence-corrected chi connectivity index (χ4v) is 1.97. The highest BCUT2D eigenvalue weighted by Gasteiger charge is 2.13. The molecule has 0 fully saturated rings. The Morgan fingerprint density at radius 1 is 0.778 bits per heavy atom. The van der Waals surface area contributed by atoms with Crippen LogP contribution in [0.1, 0.15) is 11.1 Å². The third kappa shape index (κ3) is 1.61. The van der Waals surface area contributed by atoms with E-state index in [0.29, 0.717) is 22.6 Å². The van der Waals surface area contributed by atoms with Crippen LogP contribution in [-0.4, -0.2) is 14.2 Å². The van der Waals surface area contributed by atoms with Crippen LogP contribution in [0.5, 0.6) is 11.5 Å². The molecule has 88 valence electrons. The molecule has 4 nitrogen and oxygen atoms in total. The van der Waals surface area contributed by atoms with E-state index in [2.05, 4.69) is 12.1 Å². The van der Waals surface area contributed by atoms with Gasteiger partial charge in [-0.15, -0.1) is 0 Å². The summed E-state index contributed by atoms with van der Waals surface area (Å²) in [5.74, 6) is 0.996. The van der Waals surface area contributed by atoms with E-state index in [9.17, 15) is 0 Å². The molecule has 0 aliphatic heterocycles. The number of fused-ring (bicyclic) bond motifs is 1. The Kier molecular flexibility index (Phi) is 3.03. The van der Waals surface area contributed by atoms with Crippen molar-refractivity contribution in [1.82, 2.24) is 0 Å². The first-order valence-corrected chi connectivity index (χ1v) is 5.24. The minimum atomic E-state index is 0.455. The molecule has 0 bridgehead atoms.